The van der Waals surface area contributed by atoms with E-state index in [0.29, 0.717) is 37.2 Å². The predicted molar refractivity (Wildman–Crippen MR) is 117 cm³/mol. The number of carbonyl (C=O) groups is 2. The number of piperidine rings is 1. The predicted octanol–water partition coefficient (Wildman–Crippen LogP) is 3.61. The molecular formula is C23H24N2O5S. The number of para-hydroxylation sites is 1. The average Bonchev–Trinajstić information content (AvgIpc) is 3.19. The van der Waals surface area contributed by atoms with Crippen molar-refractivity contribution in [2.75, 3.05) is 19.7 Å². The van der Waals surface area contributed by atoms with Gasteiger partial charge in [0, 0.05) is 35.5 Å². The third-order valence-corrected chi connectivity index (χ3v) is 7.57. The molecule has 7 nitrogen and oxygen atoms in total. The molecule has 0 bridgehead atoms. The fourth-order valence-electron chi connectivity index (χ4n) is 3.99. The lowest BCUT2D eigenvalue weighted by molar-refractivity contribution is -0.112. The minimum absolute atomic E-state index is 0.0722. The summed E-state index contributed by atoms with van der Waals surface area (Å²) in [5.41, 5.74) is 2.55. The molecule has 0 unspecified atom stereocenters. The van der Waals surface area contributed by atoms with Gasteiger partial charge in [-0.15, -0.1) is 0 Å². The molecule has 0 saturated carbocycles. The second-order valence-corrected chi connectivity index (χ2v) is 9.48. The molecular weight excluding hydrogens is 416 g/mol. The number of aldehydes is 1. The van der Waals surface area contributed by atoms with Gasteiger partial charge in [-0.3, -0.25) is 0 Å². The Morgan fingerprint density at radius 2 is 1.81 bits per heavy atom. The highest BCUT2D eigenvalue weighted by Gasteiger charge is 2.29. The first-order valence-corrected chi connectivity index (χ1v) is 11.7. The summed E-state index contributed by atoms with van der Waals surface area (Å²) in [6.07, 6.45) is 1.99. The first-order valence-electron chi connectivity index (χ1n) is 10.3. The van der Waals surface area contributed by atoms with Gasteiger partial charge in [0.2, 0.25) is 10.0 Å². The molecule has 1 N–H and O–H groups in total. The third-order valence-electron chi connectivity index (χ3n) is 5.66. The van der Waals surface area contributed by atoms with Crippen molar-refractivity contribution >= 4 is 33.2 Å². The number of sulfonamides is 1. The second-order valence-electron chi connectivity index (χ2n) is 7.54. The number of aromatic nitrogens is 1. The molecule has 3 aromatic rings. The topological polar surface area (TPSA) is 96.5 Å². The molecule has 1 aromatic heterocycles. The first kappa shape index (κ1) is 21.3. The van der Waals surface area contributed by atoms with Gasteiger partial charge >= 0.3 is 5.97 Å². The third kappa shape index (κ3) is 4.00. The Kier molecular flexibility index (Phi) is 5.93. The molecule has 31 heavy (non-hydrogen) atoms. The van der Waals surface area contributed by atoms with E-state index in [0.717, 1.165) is 22.8 Å². The number of H-pyrrole nitrogens is 1. The minimum atomic E-state index is -3.64. The number of rotatable bonds is 6. The highest BCUT2D eigenvalue weighted by atomic mass is 32.2. The summed E-state index contributed by atoms with van der Waals surface area (Å²) in [5, 5.41) is 0.858. The smallest absolute Gasteiger partial charge is 0.355 e. The summed E-state index contributed by atoms with van der Waals surface area (Å²) in [7, 11) is -3.64. The van der Waals surface area contributed by atoms with Crippen LogP contribution in [0.25, 0.3) is 22.0 Å². The van der Waals surface area contributed by atoms with Crippen LogP contribution in [0.15, 0.2) is 53.4 Å². The van der Waals surface area contributed by atoms with Crippen LogP contribution in [0.5, 0.6) is 0 Å². The van der Waals surface area contributed by atoms with Crippen molar-refractivity contribution in [3.05, 3.63) is 54.2 Å². The van der Waals surface area contributed by atoms with Gasteiger partial charge in [0.05, 0.1) is 11.5 Å². The monoisotopic (exact) mass is 440 g/mol. The fraction of sp³-hybridized carbons (Fsp3) is 0.304. The number of fused-ring (bicyclic) bond motifs is 1. The molecule has 0 radical (unpaired) electrons. The van der Waals surface area contributed by atoms with Crippen LogP contribution in [0, 0.1) is 5.92 Å². The standard InChI is InChI=1S/C23H24N2O5S/c1-2-30-23(27)22-21(19-5-3-4-6-20(19)24-22)17-7-9-18(10-8-17)31(28,29)25-13-11-16(15-26)12-14-25/h3-10,15-16,24H,2,11-14H2,1H3. The van der Waals surface area contributed by atoms with E-state index in [9.17, 15) is 18.0 Å². The van der Waals surface area contributed by atoms with Gasteiger partial charge in [0.1, 0.15) is 12.0 Å². The molecule has 0 atom stereocenters. The van der Waals surface area contributed by atoms with Gasteiger partial charge in [-0.25, -0.2) is 13.2 Å². The number of hydrogen-bond acceptors (Lipinski definition) is 5. The van der Waals surface area contributed by atoms with Crippen molar-refractivity contribution < 1.29 is 22.7 Å². The molecule has 1 aliphatic rings. The lowest BCUT2D eigenvalue weighted by atomic mass is 10.0. The Balaban J connectivity index is 1.69. The highest BCUT2D eigenvalue weighted by molar-refractivity contribution is 7.89. The van der Waals surface area contributed by atoms with E-state index < -0.39 is 16.0 Å². The van der Waals surface area contributed by atoms with Crippen LogP contribution in [0.1, 0.15) is 30.3 Å². The summed E-state index contributed by atoms with van der Waals surface area (Å²) in [6.45, 7) is 2.68. The number of ether oxygens (including phenoxy) is 1. The van der Waals surface area contributed by atoms with Gasteiger partial charge in [0.25, 0.3) is 0 Å². The van der Waals surface area contributed by atoms with Crippen LogP contribution in [0.3, 0.4) is 0 Å². The number of carbonyl (C=O) groups excluding carboxylic acids is 2. The normalized spacial score (nSPS) is 15.8. The molecule has 8 heteroatoms. The Bertz CT molecular complexity index is 1210. The van der Waals surface area contributed by atoms with Crippen LogP contribution in [0.2, 0.25) is 0 Å². The Labute approximate surface area is 181 Å². The van der Waals surface area contributed by atoms with E-state index >= 15 is 0 Å². The number of benzene rings is 2. The summed E-state index contributed by atoms with van der Waals surface area (Å²) < 4.78 is 32.6. The zero-order chi connectivity index (χ0) is 22.0. The van der Waals surface area contributed by atoms with Crippen molar-refractivity contribution in [3.8, 4) is 11.1 Å². The zero-order valence-corrected chi connectivity index (χ0v) is 18.0. The Morgan fingerprint density at radius 1 is 1.13 bits per heavy atom. The summed E-state index contributed by atoms with van der Waals surface area (Å²) in [4.78, 5) is 26.8. The Hall–Kier alpha value is -2.97. The average molecular weight is 441 g/mol. The quantitative estimate of drug-likeness (QED) is 0.467. The maximum absolute atomic E-state index is 13.0. The zero-order valence-electron chi connectivity index (χ0n) is 17.2. The van der Waals surface area contributed by atoms with Gasteiger partial charge in [-0.05, 0) is 43.5 Å². The molecule has 2 aromatic carbocycles. The minimum Gasteiger partial charge on any atom is -0.461 e. The molecule has 0 amide bonds. The maximum atomic E-state index is 13.0. The molecule has 1 fully saturated rings. The van der Waals surface area contributed by atoms with Crippen LogP contribution in [-0.2, 0) is 19.6 Å². The Morgan fingerprint density at radius 3 is 2.45 bits per heavy atom. The van der Waals surface area contributed by atoms with E-state index in [4.69, 9.17) is 4.74 Å². The van der Waals surface area contributed by atoms with Crippen molar-refractivity contribution in [2.24, 2.45) is 5.92 Å². The summed E-state index contributed by atoms with van der Waals surface area (Å²) >= 11 is 0. The van der Waals surface area contributed by atoms with E-state index in [1.165, 1.54) is 4.31 Å². The molecule has 162 valence electrons. The molecule has 0 spiro atoms. The molecule has 1 aliphatic heterocycles. The molecule has 4 rings (SSSR count). The second kappa shape index (κ2) is 8.64. The van der Waals surface area contributed by atoms with Crippen LogP contribution >= 0.6 is 0 Å². The van der Waals surface area contributed by atoms with Gasteiger partial charge in [0.15, 0.2) is 0 Å². The van der Waals surface area contributed by atoms with Gasteiger partial charge in [-0.2, -0.15) is 4.31 Å². The largest absolute Gasteiger partial charge is 0.461 e. The van der Waals surface area contributed by atoms with Crippen molar-refractivity contribution in [1.82, 2.24) is 9.29 Å². The van der Waals surface area contributed by atoms with Crippen molar-refractivity contribution in [1.29, 1.82) is 0 Å². The van der Waals surface area contributed by atoms with E-state index in [1.54, 1.807) is 31.2 Å². The van der Waals surface area contributed by atoms with E-state index in [1.807, 2.05) is 24.3 Å². The lowest BCUT2D eigenvalue weighted by Gasteiger charge is -2.28. The molecule has 1 saturated heterocycles. The van der Waals surface area contributed by atoms with E-state index in [-0.39, 0.29) is 17.4 Å². The highest BCUT2D eigenvalue weighted by Crippen LogP contribution is 2.34. The van der Waals surface area contributed by atoms with E-state index in [2.05, 4.69) is 4.98 Å². The van der Waals surface area contributed by atoms with Crippen LogP contribution in [-0.4, -0.2) is 49.7 Å². The van der Waals surface area contributed by atoms with Crippen molar-refractivity contribution in [2.45, 2.75) is 24.7 Å². The maximum Gasteiger partial charge on any atom is 0.355 e. The SMILES string of the molecule is CCOC(=O)c1[nH]c2ccccc2c1-c1ccc(S(=O)(=O)N2CCC(C=O)CC2)cc1. The first-order chi connectivity index (χ1) is 15.0. The number of esters is 1. The molecule has 2 heterocycles. The van der Waals surface area contributed by atoms with Crippen LogP contribution in [0.4, 0.5) is 0 Å². The lowest BCUT2D eigenvalue weighted by Crippen LogP contribution is -2.38. The summed E-state index contributed by atoms with van der Waals surface area (Å²) in [5.74, 6) is -0.527. The fourth-order valence-corrected chi connectivity index (χ4v) is 5.46. The summed E-state index contributed by atoms with van der Waals surface area (Å²) in [6, 6.07) is 14.1. The number of nitrogens with one attached hydrogen (secondary N) is 1. The number of nitrogens with zero attached hydrogens (tertiary/aromatic N) is 1. The van der Waals surface area contributed by atoms with Gasteiger partial charge in [-0.1, -0.05) is 30.3 Å². The number of aromatic amines is 1. The van der Waals surface area contributed by atoms with Crippen LogP contribution < -0.4 is 0 Å². The van der Waals surface area contributed by atoms with Gasteiger partial charge < -0.3 is 14.5 Å². The van der Waals surface area contributed by atoms with Crippen molar-refractivity contribution in [3.63, 3.8) is 0 Å². The number of hydrogen-bond donors (Lipinski definition) is 1. The molecule has 0 aliphatic carbocycles.